The van der Waals surface area contributed by atoms with Crippen LogP contribution in [-0.4, -0.2) is 80.6 Å². The molecular weight excluding hydrogens is 290 g/mol. The molecule has 6 nitrogen and oxygen atoms in total. The van der Waals surface area contributed by atoms with Crippen molar-refractivity contribution in [1.29, 1.82) is 0 Å². The van der Waals surface area contributed by atoms with Crippen molar-refractivity contribution in [2.45, 2.75) is 13.3 Å². The third-order valence-electron chi connectivity index (χ3n) is 4.32. The summed E-state index contributed by atoms with van der Waals surface area (Å²) in [5.41, 5.74) is 0.618. The average Bonchev–Trinajstić information content (AvgIpc) is 2.59. The van der Waals surface area contributed by atoms with Gasteiger partial charge in [0.15, 0.2) is 0 Å². The van der Waals surface area contributed by atoms with E-state index in [9.17, 15) is 4.79 Å². The first-order valence-corrected chi connectivity index (χ1v) is 8.46. The molecule has 0 aliphatic carbocycles. The van der Waals surface area contributed by atoms with E-state index in [2.05, 4.69) is 27.0 Å². The number of anilines is 1. The Labute approximate surface area is 139 Å². The van der Waals surface area contributed by atoms with E-state index < -0.39 is 0 Å². The molecule has 1 N–H and O–H groups in total. The summed E-state index contributed by atoms with van der Waals surface area (Å²) in [7, 11) is 3.87. The van der Waals surface area contributed by atoms with Gasteiger partial charge in [0, 0.05) is 53.0 Å². The summed E-state index contributed by atoms with van der Waals surface area (Å²) in [5.74, 6) is 0.811. The van der Waals surface area contributed by atoms with E-state index in [0.717, 1.165) is 51.5 Å². The monoisotopic (exact) mass is 319 g/mol. The molecule has 1 aliphatic heterocycles. The van der Waals surface area contributed by atoms with Gasteiger partial charge < -0.3 is 20.0 Å². The number of nitrogens with zero attached hydrogens (tertiary/aromatic N) is 4. The molecule has 128 valence electrons. The lowest BCUT2D eigenvalue weighted by Crippen LogP contribution is -2.46. The van der Waals surface area contributed by atoms with Crippen molar-refractivity contribution >= 4 is 11.7 Å². The molecule has 0 bridgehead atoms. The first-order valence-electron chi connectivity index (χ1n) is 8.46. The van der Waals surface area contributed by atoms with E-state index >= 15 is 0 Å². The standard InChI is InChI=1S/C17H29N5O/c1-4-21-10-12-22(13-11-21)9-5-8-18-17(23)15-6-7-16(19-14-15)20(2)3/h6-7,14H,4-5,8-13H2,1-3H3,(H,18,23). The van der Waals surface area contributed by atoms with Crippen molar-refractivity contribution in [2.24, 2.45) is 0 Å². The summed E-state index contributed by atoms with van der Waals surface area (Å²) in [6.45, 7) is 9.71. The van der Waals surface area contributed by atoms with E-state index in [-0.39, 0.29) is 5.91 Å². The number of amides is 1. The molecule has 6 heteroatoms. The van der Waals surface area contributed by atoms with Crippen molar-refractivity contribution in [2.75, 3.05) is 64.8 Å². The lowest BCUT2D eigenvalue weighted by Gasteiger charge is -2.33. The fraction of sp³-hybridized carbons (Fsp3) is 0.647. The maximum absolute atomic E-state index is 12.1. The van der Waals surface area contributed by atoms with Gasteiger partial charge in [-0.25, -0.2) is 4.98 Å². The molecule has 0 spiro atoms. The predicted molar refractivity (Wildman–Crippen MR) is 94.1 cm³/mol. The van der Waals surface area contributed by atoms with Gasteiger partial charge in [0.25, 0.3) is 5.91 Å². The zero-order chi connectivity index (χ0) is 16.7. The molecule has 0 saturated carbocycles. The molecule has 2 rings (SSSR count). The minimum absolute atomic E-state index is 0.0430. The molecule has 0 unspecified atom stereocenters. The second-order valence-electron chi connectivity index (χ2n) is 6.18. The van der Waals surface area contributed by atoms with Crippen molar-refractivity contribution in [3.05, 3.63) is 23.9 Å². The highest BCUT2D eigenvalue weighted by Gasteiger charge is 2.14. The summed E-state index contributed by atoms with van der Waals surface area (Å²) in [6.07, 6.45) is 2.62. The van der Waals surface area contributed by atoms with E-state index in [4.69, 9.17) is 0 Å². The molecule has 1 aromatic heterocycles. The summed E-state index contributed by atoms with van der Waals surface area (Å²) >= 11 is 0. The van der Waals surface area contributed by atoms with E-state index in [1.165, 1.54) is 0 Å². The largest absolute Gasteiger partial charge is 0.363 e. The van der Waals surface area contributed by atoms with E-state index in [0.29, 0.717) is 12.1 Å². The number of pyridine rings is 1. The van der Waals surface area contributed by atoms with Crippen LogP contribution in [0.5, 0.6) is 0 Å². The van der Waals surface area contributed by atoms with Gasteiger partial charge in [-0.3, -0.25) is 4.79 Å². The SMILES string of the molecule is CCN1CCN(CCCNC(=O)c2ccc(N(C)C)nc2)CC1. The van der Waals surface area contributed by atoms with Crippen LogP contribution in [0.25, 0.3) is 0 Å². The Hall–Kier alpha value is -1.66. The molecule has 1 fully saturated rings. The second-order valence-corrected chi connectivity index (χ2v) is 6.18. The van der Waals surface area contributed by atoms with Crippen LogP contribution in [-0.2, 0) is 0 Å². The Morgan fingerprint density at radius 2 is 1.91 bits per heavy atom. The van der Waals surface area contributed by atoms with Gasteiger partial charge in [0.05, 0.1) is 5.56 Å². The number of hydrogen-bond donors (Lipinski definition) is 1. The summed E-state index contributed by atoms with van der Waals surface area (Å²) in [5, 5.41) is 2.98. The van der Waals surface area contributed by atoms with Gasteiger partial charge in [-0.2, -0.15) is 0 Å². The third-order valence-corrected chi connectivity index (χ3v) is 4.32. The highest BCUT2D eigenvalue weighted by atomic mass is 16.1. The molecule has 1 amide bonds. The molecule has 0 aromatic carbocycles. The van der Waals surface area contributed by atoms with E-state index in [1.54, 1.807) is 6.20 Å². The van der Waals surface area contributed by atoms with Crippen LogP contribution < -0.4 is 10.2 Å². The smallest absolute Gasteiger partial charge is 0.252 e. The van der Waals surface area contributed by atoms with Crippen LogP contribution in [0, 0.1) is 0 Å². The number of hydrogen-bond acceptors (Lipinski definition) is 5. The van der Waals surface area contributed by atoms with Crippen molar-refractivity contribution in [3.8, 4) is 0 Å². The van der Waals surface area contributed by atoms with Crippen LogP contribution in [0.1, 0.15) is 23.7 Å². The number of carbonyl (C=O) groups excluding carboxylic acids is 1. The van der Waals surface area contributed by atoms with Crippen LogP contribution in [0.4, 0.5) is 5.82 Å². The fourth-order valence-electron chi connectivity index (χ4n) is 2.72. The molecule has 0 radical (unpaired) electrons. The Morgan fingerprint density at radius 3 is 2.48 bits per heavy atom. The van der Waals surface area contributed by atoms with Crippen molar-refractivity contribution in [3.63, 3.8) is 0 Å². The maximum atomic E-state index is 12.1. The molecule has 2 heterocycles. The molecule has 1 aliphatic rings. The van der Waals surface area contributed by atoms with Crippen molar-refractivity contribution in [1.82, 2.24) is 20.1 Å². The highest BCUT2D eigenvalue weighted by molar-refractivity contribution is 5.94. The van der Waals surface area contributed by atoms with Gasteiger partial charge in [-0.15, -0.1) is 0 Å². The van der Waals surface area contributed by atoms with Crippen LogP contribution in [0.3, 0.4) is 0 Å². The van der Waals surface area contributed by atoms with Gasteiger partial charge in [-0.05, 0) is 31.6 Å². The first kappa shape index (κ1) is 17.7. The Balaban J connectivity index is 1.65. The third kappa shape index (κ3) is 5.48. The summed E-state index contributed by atoms with van der Waals surface area (Å²) in [6, 6.07) is 3.68. The quantitative estimate of drug-likeness (QED) is 0.757. The lowest BCUT2D eigenvalue weighted by molar-refractivity contribution is 0.0948. The Kier molecular flexibility index (Phi) is 6.80. The minimum Gasteiger partial charge on any atom is -0.363 e. The van der Waals surface area contributed by atoms with Gasteiger partial charge in [0.1, 0.15) is 5.82 Å². The van der Waals surface area contributed by atoms with Gasteiger partial charge >= 0.3 is 0 Å². The normalized spacial score (nSPS) is 16.3. The average molecular weight is 319 g/mol. The van der Waals surface area contributed by atoms with Crippen LogP contribution in [0.2, 0.25) is 0 Å². The van der Waals surface area contributed by atoms with Crippen LogP contribution >= 0.6 is 0 Å². The molecule has 1 aromatic rings. The molecule has 1 saturated heterocycles. The molecule has 0 atom stereocenters. The number of carbonyl (C=O) groups is 1. The van der Waals surface area contributed by atoms with E-state index in [1.807, 2.05) is 31.1 Å². The maximum Gasteiger partial charge on any atom is 0.252 e. The first-order chi connectivity index (χ1) is 11.1. The zero-order valence-corrected chi connectivity index (χ0v) is 14.6. The zero-order valence-electron chi connectivity index (χ0n) is 14.6. The number of piperazine rings is 1. The van der Waals surface area contributed by atoms with Crippen LogP contribution in [0.15, 0.2) is 18.3 Å². The molecular formula is C17H29N5O. The highest BCUT2D eigenvalue weighted by Crippen LogP contribution is 2.07. The van der Waals surface area contributed by atoms with Gasteiger partial charge in [-0.1, -0.05) is 6.92 Å². The topological polar surface area (TPSA) is 51.7 Å². The Bertz CT molecular complexity index is 480. The number of likely N-dealkylation sites (N-methyl/N-ethyl adjacent to an activating group) is 1. The van der Waals surface area contributed by atoms with Gasteiger partial charge in [0.2, 0.25) is 0 Å². The predicted octanol–water partition coefficient (Wildman–Crippen LogP) is 0.905. The minimum atomic E-state index is -0.0430. The Morgan fingerprint density at radius 1 is 1.22 bits per heavy atom. The number of aromatic nitrogens is 1. The fourth-order valence-corrected chi connectivity index (χ4v) is 2.72. The number of rotatable bonds is 7. The second kappa shape index (κ2) is 8.84. The molecule has 23 heavy (non-hydrogen) atoms. The summed E-state index contributed by atoms with van der Waals surface area (Å²) < 4.78 is 0. The summed E-state index contributed by atoms with van der Waals surface area (Å²) in [4.78, 5) is 23.2. The number of nitrogens with one attached hydrogen (secondary N) is 1. The van der Waals surface area contributed by atoms with Crippen molar-refractivity contribution < 1.29 is 4.79 Å². The lowest BCUT2D eigenvalue weighted by atomic mass is 10.2.